The van der Waals surface area contributed by atoms with Crippen molar-refractivity contribution in [2.75, 3.05) is 5.75 Å². The number of benzene rings is 3. The van der Waals surface area contributed by atoms with E-state index in [1.165, 1.54) is 6.92 Å². The first kappa shape index (κ1) is 47.5. The van der Waals surface area contributed by atoms with Gasteiger partial charge in [-0.3, -0.25) is 13.9 Å². The molecule has 1 aliphatic heterocycles. The standard InChI is InChI=1S/C44H49Cl3O11S3/c1-21-16-43(4,5)18-29-25(21)14-27-31(32-33(42(50)51)34(45)36(47)39(35(32)46)59-20-24(49)13-11-9-8-10-12-23(3)48)28-15-26-22(2)17-44(6,7)19-30(26)41(61(55,56)57)38(28)58-37(27)40(29)60(52,53)54/h14-15,18,21-22H,8-13,16-17,19-20H2,1-7H3,(H,50,51)(H,52,53,54)(H,55,56,57). The lowest BCUT2D eigenvalue weighted by atomic mass is 9.69. The van der Waals surface area contributed by atoms with Crippen molar-refractivity contribution in [3.05, 3.63) is 71.0 Å². The van der Waals surface area contributed by atoms with E-state index < -0.39 is 68.9 Å². The van der Waals surface area contributed by atoms with Crippen LogP contribution in [0.15, 0.2) is 26.8 Å². The van der Waals surface area contributed by atoms with E-state index in [-0.39, 0.29) is 89.6 Å². The van der Waals surface area contributed by atoms with Crippen molar-refractivity contribution in [1.29, 1.82) is 0 Å². The number of Topliss-reactive ketones (excluding diaryl/α,β-unsaturated/α-hetero) is 2. The summed E-state index contributed by atoms with van der Waals surface area (Å²) in [5.74, 6) is -3.35. The van der Waals surface area contributed by atoms with Gasteiger partial charge in [0.2, 0.25) is 0 Å². The van der Waals surface area contributed by atoms with Crippen LogP contribution in [0.5, 0.6) is 11.5 Å². The van der Waals surface area contributed by atoms with Gasteiger partial charge in [0.25, 0.3) is 20.2 Å². The fourth-order valence-electron chi connectivity index (χ4n) is 9.49. The number of ether oxygens (including phenoxy) is 1. The zero-order valence-corrected chi connectivity index (χ0v) is 39.6. The maximum absolute atomic E-state index is 13.7. The van der Waals surface area contributed by atoms with Gasteiger partial charge in [-0.15, -0.1) is 11.8 Å². The van der Waals surface area contributed by atoms with Crippen LogP contribution in [-0.2, 0) is 36.2 Å². The lowest BCUT2D eigenvalue weighted by Crippen LogP contribution is -2.35. The molecule has 3 aromatic carbocycles. The molecule has 3 N–H and O–H groups in total. The number of fused-ring (bicyclic) bond motifs is 4. The molecule has 0 amide bonds. The Bertz CT molecular complexity index is 2760. The lowest BCUT2D eigenvalue weighted by molar-refractivity contribution is -0.118. The maximum Gasteiger partial charge on any atom is 0.337 e. The van der Waals surface area contributed by atoms with Crippen molar-refractivity contribution < 1.29 is 50.2 Å². The Kier molecular flexibility index (Phi) is 13.4. The Labute approximate surface area is 375 Å². The minimum atomic E-state index is -5.19. The summed E-state index contributed by atoms with van der Waals surface area (Å²) in [5, 5.41) is 9.99. The number of halogens is 3. The maximum atomic E-state index is 13.7. The first-order chi connectivity index (χ1) is 28.1. The summed E-state index contributed by atoms with van der Waals surface area (Å²) in [7, 11) is -10.4. The smallest absolute Gasteiger partial charge is 0.337 e. The van der Waals surface area contributed by atoms with E-state index in [0.29, 0.717) is 36.8 Å². The molecule has 2 atom stereocenters. The third kappa shape index (κ3) is 9.48. The molecule has 0 aromatic heterocycles. The van der Waals surface area contributed by atoms with Crippen LogP contribution in [0.1, 0.15) is 150 Å². The molecular weight excluding hydrogens is 907 g/mol. The number of carboxylic acids is 1. The van der Waals surface area contributed by atoms with E-state index in [9.17, 15) is 45.4 Å². The summed E-state index contributed by atoms with van der Waals surface area (Å²) in [6.07, 6.45) is 6.57. The highest BCUT2D eigenvalue weighted by atomic mass is 35.5. The van der Waals surface area contributed by atoms with Crippen LogP contribution in [0, 0.1) is 10.8 Å². The number of carbonyl (C=O) groups excluding carboxylic acids is 2. The van der Waals surface area contributed by atoms with Crippen molar-refractivity contribution >= 4 is 96.0 Å². The summed E-state index contributed by atoms with van der Waals surface area (Å²) in [6, 6.07) is 3.28. The van der Waals surface area contributed by atoms with Gasteiger partial charge in [0.1, 0.15) is 21.4 Å². The molecule has 1 heterocycles. The molecule has 2 unspecified atom stereocenters. The SMILES string of the molecule is CC(=O)CCCCCCC(=O)CSc1c(Cl)c(Cl)c(C(=O)O)c(C2=c3cc4c(c(S(=O)(=O)O)c3Oc3c2cc2c(c3S(=O)(=O)O)CC(C)(C)CC2C)=CC(C)(C)CC4C)c1Cl. The average Bonchev–Trinajstić information content (AvgIpc) is 3.10. The molecule has 0 saturated heterocycles. The summed E-state index contributed by atoms with van der Waals surface area (Å²) >= 11 is 21.8. The Morgan fingerprint density at radius 1 is 0.820 bits per heavy atom. The first-order valence-corrected chi connectivity index (χ1v) is 25.0. The van der Waals surface area contributed by atoms with Crippen molar-refractivity contribution in [1.82, 2.24) is 0 Å². The molecular formula is C44H49Cl3O11S3. The van der Waals surface area contributed by atoms with Gasteiger partial charge in [-0.1, -0.05) is 95.3 Å². The van der Waals surface area contributed by atoms with Crippen molar-refractivity contribution in [2.24, 2.45) is 10.8 Å². The first-order valence-electron chi connectivity index (χ1n) is 20.0. The quantitative estimate of drug-likeness (QED) is 0.0470. The normalized spacial score (nSPS) is 18.9. The summed E-state index contributed by atoms with van der Waals surface area (Å²) in [5.41, 5.74) is -0.752. The number of unbranched alkanes of at least 4 members (excludes halogenated alkanes) is 3. The number of aromatic carboxylic acids is 1. The van der Waals surface area contributed by atoms with Gasteiger partial charge in [0, 0.05) is 39.7 Å². The van der Waals surface area contributed by atoms with Crippen LogP contribution >= 0.6 is 46.6 Å². The molecule has 0 fully saturated rings. The lowest BCUT2D eigenvalue weighted by Gasteiger charge is -2.38. The Balaban J connectivity index is 1.73. The van der Waals surface area contributed by atoms with Gasteiger partial charge in [-0.2, -0.15) is 16.8 Å². The number of rotatable bonds is 14. The van der Waals surface area contributed by atoms with E-state index in [2.05, 4.69) is 0 Å². The molecule has 0 spiro atoms. The topological polar surface area (TPSA) is 189 Å². The predicted octanol–water partition coefficient (Wildman–Crippen LogP) is 10.2. The van der Waals surface area contributed by atoms with Gasteiger partial charge in [-0.05, 0) is 95.7 Å². The number of hydrogen-bond donors (Lipinski definition) is 3. The minimum Gasteiger partial charge on any atom is -0.478 e. The molecule has 0 radical (unpaired) electrons. The summed E-state index contributed by atoms with van der Waals surface area (Å²) in [4.78, 5) is 36.6. The van der Waals surface area contributed by atoms with E-state index in [4.69, 9.17) is 39.5 Å². The Hall–Kier alpha value is -2.95. The highest BCUT2D eigenvalue weighted by Gasteiger charge is 2.43. The number of carboxylic acid groups (broad SMARTS) is 1. The van der Waals surface area contributed by atoms with E-state index >= 15 is 0 Å². The van der Waals surface area contributed by atoms with Gasteiger partial charge in [0.15, 0.2) is 11.5 Å². The number of hydrogen-bond acceptors (Lipinski definition) is 9. The average molecular weight is 956 g/mol. The third-order valence-corrected chi connectivity index (χ3v) is 16.2. The second kappa shape index (κ2) is 17.2. The molecule has 3 aromatic rings. The third-order valence-electron chi connectivity index (χ3n) is 11.7. The number of ketones is 2. The summed E-state index contributed by atoms with van der Waals surface area (Å²) < 4.78 is 83.2. The zero-order valence-electron chi connectivity index (χ0n) is 34.9. The Morgan fingerprint density at radius 3 is 2.02 bits per heavy atom. The van der Waals surface area contributed by atoms with Crippen LogP contribution < -0.4 is 15.2 Å². The molecule has 0 saturated carbocycles. The highest BCUT2D eigenvalue weighted by Crippen LogP contribution is 2.54. The highest BCUT2D eigenvalue weighted by molar-refractivity contribution is 8.00. The minimum absolute atomic E-state index is 0.0287. The number of thioether (sulfide) groups is 1. The van der Waals surface area contributed by atoms with Gasteiger partial charge < -0.3 is 14.6 Å². The van der Waals surface area contributed by atoms with Crippen LogP contribution in [0.25, 0.3) is 11.6 Å². The molecule has 61 heavy (non-hydrogen) atoms. The van der Waals surface area contributed by atoms with Crippen molar-refractivity contribution in [3.8, 4) is 11.5 Å². The van der Waals surface area contributed by atoms with Crippen molar-refractivity contribution in [3.63, 3.8) is 0 Å². The molecule has 11 nitrogen and oxygen atoms in total. The van der Waals surface area contributed by atoms with Crippen LogP contribution in [0.3, 0.4) is 0 Å². The molecule has 2 aliphatic carbocycles. The summed E-state index contributed by atoms with van der Waals surface area (Å²) in [6.45, 7) is 13.0. The van der Waals surface area contributed by atoms with E-state index in [1.54, 1.807) is 18.2 Å². The fraction of sp³-hybridized carbons (Fsp3) is 0.477. The molecule has 3 aliphatic rings. The fourth-order valence-corrected chi connectivity index (χ4v) is 13.3. The number of carbonyl (C=O) groups is 3. The van der Waals surface area contributed by atoms with Crippen LogP contribution in [-0.4, -0.2) is 54.3 Å². The predicted molar refractivity (Wildman–Crippen MR) is 238 cm³/mol. The largest absolute Gasteiger partial charge is 0.478 e. The van der Waals surface area contributed by atoms with E-state index in [0.717, 1.165) is 31.0 Å². The second-order valence-corrected chi connectivity index (χ2v) is 23.0. The van der Waals surface area contributed by atoms with Crippen LogP contribution in [0.4, 0.5) is 0 Å². The molecule has 17 heteroatoms. The molecule has 330 valence electrons. The van der Waals surface area contributed by atoms with Crippen LogP contribution in [0.2, 0.25) is 15.1 Å². The molecule has 0 bridgehead atoms. The van der Waals surface area contributed by atoms with E-state index in [1.807, 2.05) is 41.5 Å². The molecule has 6 rings (SSSR count). The van der Waals surface area contributed by atoms with Crippen molar-refractivity contribution in [2.45, 2.75) is 133 Å². The second-order valence-electron chi connectivity index (χ2n) is 18.1. The van der Waals surface area contributed by atoms with Gasteiger partial charge in [0.05, 0.1) is 26.4 Å². The van der Waals surface area contributed by atoms with Gasteiger partial charge in [-0.25, -0.2) is 4.79 Å². The monoisotopic (exact) mass is 954 g/mol. The zero-order chi connectivity index (χ0) is 45.3. The Morgan fingerprint density at radius 2 is 1.43 bits per heavy atom. The van der Waals surface area contributed by atoms with Gasteiger partial charge >= 0.3 is 5.97 Å².